The van der Waals surface area contributed by atoms with E-state index >= 15 is 0 Å². The number of carbonyl (C=O) groups is 1. The highest BCUT2D eigenvalue weighted by Gasteiger charge is 2.41. The maximum atomic E-state index is 12.8. The van der Waals surface area contributed by atoms with E-state index in [0.717, 1.165) is 0 Å². The van der Waals surface area contributed by atoms with E-state index in [1.165, 1.54) is 10.6 Å². The molecular formula is C17H30N4O5S. The number of rotatable bonds is 7. The molecule has 0 aliphatic carbocycles. The third-order valence-corrected chi connectivity index (χ3v) is 6.69. The van der Waals surface area contributed by atoms with Crippen molar-refractivity contribution in [3.8, 4) is 0 Å². The Morgan fingerprint density at radius 2 is 2.07 bits per heavy atom. The van der Waals surface area contributed by atoms with Gasteiger partial charge >= 0.3 is 0 Å². The monoisotopic (exact) mass is 402 g/mol. The predicted octanol–water partition coefficient (Wildman–Crippen LogP) is 0.627. The van der Waals surface area contributed by atoms with E-state index < -0.39 is 21.0 Å². The minimum atomic E-state index is -3.23. The Kier molecular flexibility index (Phi) is 6.05. The van der Waals surface area contributed by atoms with E-state index in [1.54, 1.807) is 19.9 Å². The normalized spacial score (nSPS) is 19.6. The van der Waals surface area contributed by atoms with Gasteiger partial charge in [0.25, 0.3) is 0 Å². The molecule has 1 aromatic rings. The van der Waals surface area contributed by atoms with Gasteiger partial charge in [-0.1, -0.05) is 19.0 Å². The topological polar surface area (TPSA) is 116 Å². The summed E-state index contributed by atoms with van der Waals surface area (Å²) in [5.74, 6) is -0.0745. The third-order valence-electron chi connectivity index (χ3n) is 5.42. The van der Waals surface area contributed by atoms with Crippen LogP contribution in [0.15, 0.2) is 10.6 Å². The van der Waals surface area contributed by atoms with E-state index in [1.807, 2.05) is 25.8 Å². The summed E-state index contributed by atoms with van der Waals surface area (Å²) in [6.45, 7) is 7.92. The second-order valence-electron chi connectivity index (χ2n) is 8.31. The predicted molar refractivity (Wildman–Crippen MR) is 102 cm³/mol. The number of likely N-dealkylation sites (N-methyl/N-ethyl adjacent to an activating group) is 1. The summed E-state index contributed by atoms with van der Waals surface area (Å²) in [6, 6.07) is 1.55. The molecule has 1 aromatic heterocycles. The fourth-order valence-corrected chi connectivity index (χ4v) is 3.82. The molecule has 27 heavy (non-hydrogen) atoms. The molecule has 0 spiro atoms. The molecule has 154 valence electrons. The Bertz CT molecular complexity index is 787. The van der Waals surface area contributed by atoms with Crippen LogP contribution in [0.4, 0.5) is 5.88 Å². The van der Waals surface area contributed by atoms with Gasteiger partial charge in [0.2, 0.25) is 21.8 Å². The summed E-state index contributed by atoms with van der Waals surface area (Å²) in [5, 5.41) is 16.1. The number of sulfonamides is 1. The smallest absolute Gasteiger partial charge is 0.246 e. The molecule has 1 atom stereocenters. The second kappa shape index (κ2) is 7.50. The summed E-state index contributed by atoms with van der Waals surface area (Å²) in [5.41, 5.74) is -0.916. The molecule has 1 fully saturated rings. The molecule has 0 radical (unpaired) electrons. The molecule has 2 N–H and O–H groups in total. The average Bonchev–Trinajstić information content (AvgIpc) is 3.23. The van der Waals surface area contributed by atoms with Gasteiger partial charge in [-0.05, 0) is 27.3 Å². The average molecular weight is 403 g/mol. The molecule has 1 saturated heterocycles. The van der Waals surface area contributed by atoms with E-state index in [4.69, 9.17) is 4.52 Å². The van der Waals surface area contributed by atoms with Gasteiger partial charge in [0.05, 0.1) is 24.1 Å². The lowest BCUT2D eigenvalue weighted by atomic mass is 9.91. The van der Waals surface area contributed by atoms with Crippen molar-refractivity contribution in [2.75, 3.05) is 38.3 Å². The molecule has 2 heterocycles. The minimum absolute atomic E-state index is 0.0564. The first-order valence-electron chi connectivity index (χ1n) is 8.86. The van der Waals surface area contributed by atoms with Crippen LogP contribution >= 0.6 is 0 Å². The zero-order chi connectivity index (χ0) is 20.6. The number of nitrogens with one attached hydrogen (secondary N) is 1. The Morgan fingerprint density at radius 3 is 2.59 bits per heavy atom. The number of aliphatic hydroxyl groups excluding tert-OH is 1. The highest BCUT2D eigenvalue weighted by atomic mass is 32.2. The first-order chi connectivity index (χ1) is 12.3. The van der Waals surface area contributed by atoms with Crippen molar-refractivity contribution >= 4 is 21.8 Å². The van der Waals surface area contributed by atoms with Gasteiger partial charge in [-0.25, -0.2) is 12.7 Å². The van der Waals surface area contributed by atoms with Crippen molar-refractivity contribution in [1.82, 2.24) is 14.4 Å². The molecular weight excluding hydrogens is 372 g/mol. The summed E-state index contributed by atoms with van der Waals surface area (Å²) in [6.07, 6.45) is 1.86. The zero-order valence-corrected chi connectivity index (χ0v) is 17.6. The molecule has 0 bridgehead atoms. The van der Waals surface area contributed by atoms with Crippen molar-refractivity contribution in [1.29, 1.82) is 0 Å². The number of aliphatic hydroxyl groups is 1. The first-order valence-corrected chi connectivity index (χ1v) is 10.7. The van der Waals surface area contributed by atoms with Crippen molar-refractivity contribution in [3.05, 3.63) is 11.8 Å². The van der Waals surface area contributed by atoms with Gasteiger partial charge in [-0.3, -0.25) is 15.0 Å². The van der Waals surface area contributed by atoms with E-state index in [-0.39, 0.29) is 24.4 Å². The van der Waals surface area contributed by atoms with Crippen LogP contribution in [0.1, 0.15) is 39.8 Å². The van der Waals surface area contributed by atoms with Crippen LogP contribution in [0, 0.1) is 0 Å². The maximum absolute atomic E-state index is 12.8. The zero-order valence-electron chi connectivity index (χ0n) is 16.8. The van der Waals surface area contributed by atoms with Crippen LogP contribution in [-0.4, -0.2) is 78.4 Å². The Hall–Kier alpha value is -1.49. The number of hydrogen-bond donors (Lipinski definition) is 2. The molecule has 10 heteroatoms. The van der Waals surface area contributed by atoms with Crippen molar-refractivity contribution in [3.63, 3.8) is 0 Å². The van der Waals surface area contributed by atoms with E-state index in [0.29, 0.717) is 25.2 Å². The van der Waals surface area contributed by atoms with Crippen molar-refractivity contribution in [2.24, 2.45) is 0 Å². The van der Waals surface area contributed by atoms with Crippen LogP contribution < -0.4 is 5.32 Å². The highest BCUT2D eigenvalue weighted by molar-refractivity contribution is 7.88. The fourth-order valence-electron chi connectivity index (χ4n) is 2.94. The Labute approximate surface area is 160 Å². The van der Waals surface area contributed by atoms with Gasteiger partial charge in [0.15, 0.2) is 0 Å². The second-order valence-corrected chi connectivity index (χ2v) is 10.3. The molecule has 2 rings (SSSR count). The van der Waals surface area contributed by atoms with Crippen molar-refractivity contribution in [2.45, 2.75) is 51.1 Å². The highest BCUT2D eigenvalue weighted by Crippen LogP contribution is 2.27. The van der Waals surface area contributed by atoms with Crippen LogP contribution in [-0.2, 0) is 20.2 Å². The summed E-state index contributed by atoms with van der Waals surface area (Å²) in [4.78, 5) is 14.7. The number of amides is 1. The summed E-state index contributed by atoms with van der Waals surface area (Å²) in [7, 11) is -1.42. The molecule has 0 aromatic carbocycles. The van der Waals surface area contributed by atoms with Gasteiger partial charge in [0.1, 0.15) is 0 Å². The fraction of sp³-hybridized carbons (Fsp3) is 0.765. The van der Waals surface area contributed by atoms with E-state index in [9.17, 15) is 18.3 Å². The molecule has 1 aliphatic heterocycles. The lowest BCUT2D eigenvalue weighted by molar-refractivity contribution is -0.126. The minimum Gasteiger partial charge on any atom is -0.395 e. The van der Waals surface area contributed by atoms with Gasteiger partial charge in [0, 0.05) is 30.6 Å². The number of carbonyl (C=O) groups excluding carboxylic acids is 1. The lowest BCUT2D eigenvalue weighted by Crippen LogP contribution is -2.55. The SMILES string of the molecule is CN(C1CCN(S(C)(=O)=O)C1)C(C)(C)C(=O)Nc1cc(C(C)(C)CO)no1. The Balaban J connectivity index is 2.07. The largest absolute Gasteiger partial charge is 0.395 e. The molecule has 1 unspecified atom stereocenters. The van der Waals surface area contributed by atoms with Crippen LogP contribution in [0.25, 0.3) is 0 Å². The van der Waals surface area contributed by atoms with Gasteiger partial charge < -0.3 is 9.63 Å². The molecule has 1 amide bonds. The van der Waals surface area contributed by atoms with Gasteiger partial charge in [-0.15, -0.1) is 0 Å². The maximum Gasteiger partial charge on any atom is 0.246 e. The molecule has 9 nitrogen and oxygen atoms in total. The molecule has 0 saturated carbocycles. The number of anilines is 1. The quantitative estimate of drug-likeness (QED) is 0.687. The lowest BCUT2D eigenvalue weighted by Gasteiger charge is -2.38. The summed E-state index contributed by atoms with van der Waals surface area (Å²) >= 11 is 0. The van der Waals surface area contributed by atoms with Crippen molar-refractivity contribution < 1.29 is 22.8 Å². The summed E-state index contributed by atoms with van der Waals surface area (Å²) < 4.78 is 30.1. The number of hydrogen-bond acceptors (Lipinski definition) is 7. The number of nitrogens with zero attached hydrogens (tertiary/aromatic N) is 3. The van der Waals surface area contributed by atoms with Crippen LogP contribution in [0.2, 0.25) is 0 Å². The third kappa shape index (κ3) is 4.68. The van der Waals surface area contributed by atoms with Crippen LogP contribution in [0.3, 0.4) is 0 Å². The molecule has 1 aliphatic rings. The Morgan fingerprint density at radius 1 is 1.44 bits per heavy atom. The van der Waals surface area contributed by atoms with Crippen LogP contribution in [0.5, 0.6) is 0 Å². The van der Waals surface area contributed by atoms with E-state index in [2.05, 4.69) is 10.5 Å². The first kappa shape index (κ1) is 21.8. The standard InChI is InChI=1S/C17H30N4O5S/c1-16(2,11-22)13-9-14(26-19-13)18-15(23)17(3,4)20(5)12-7-8-21(10-12)27(6,24)25/h9,12,22H,7-8,10-11H2,1-6H3,(H,18,23). The number of aromatic nitrogens is 1. The van der Waals surface area contributed by atoms with Gasteiger partial charge in [-0.2, -0.15) is 0 Å².